The average molecular weight is 425 g/mol. The third-order valence-corrected chi connectivity index (χ3v) is 5.20. The summed E-state index contributed by atoms with van der Waals surface area (Å²) in [5.41, 5.74) is 1.43. The van der Waals surface area contributed by atoms with Crippen molar-refractivity contribution in [3.63, 3.8) is 0 Å². The van der Waals surface area contributed by atoms with Crippen molar-refractivity contribution < 1.29 is 28.3 Å². The number of amides is 1. The quantitative estimate of drug-likeness (QED) is 0.569. The molecule has 1 atom stereocenters. The number of nitrogens with zero attached hydrogens (tertiary/aromatic N) is 3. The highest BCUT2D eigenvalue weighted by Crippen LogP contribution is 2.37. The number of hydrogen-bond donors (Lipinski definition) is 0. The number of methoxy groups -OCH3 is 4. The minimum atomic E-state index is -0.214. The first kappa shape index (κ1) is 20.5. The Morgan fingerprint density at radius 1 is 0.935 bits per heavy atom. The van der Waals surface area contributed by atoms with Crippen molar-refractivity contribution in [3.8, 4) is 34.4 Å². The maximum Gasteiger partial charge on any atom is 0.232 e. The van der Waals surface area contributed by atoms with Gasteiger partial charge in [0.05, 0.1) is 34.4 Å². The standard InChI is InChI=1S/C22H23N3O6/c1-27-16-7-13(8-17(11-16)28-2)21-23-22(31-24-21)14-9-20(26)25(12-14)15-5-6-18(29-3)19(10-15)30-4/h5-8,10-11,14H,9,12H2,1-4H3. The molecular weight excluding hydrogens is 402 g/mol. The van der Waals surface area contributed by atoms with Crippen LogP contribution in [0.25, 0.3) is 11.4 Å². The van der Waals surface area contributed by atoms with Crippen LogP contribution in [-0.2, 0) is 4.79 Å². The van der Waals surface area contributed by atoms with Crippen LogP contribution in [0.5, 0.6) is 23.0 Å². The van der Waals surface area contributed by atoms with Crippen LogP contribution >= 0.6 is 0 Å². The summed E-state index contributed by atoms with van der Waals surface area (Å²) in [6, 6.07) is 10.7. The van der Waals surface area contributed by atoms with E-state index in [1.165, 1.54) is 0 Å². The van der Waals surface area contributed by atoms with Crippen molar-refractivity contribution in [1.29, 1.82) is 0 Å². The lowest BCUT2D eigenvalue weighted by molar-refractivity contribution is -0.117. The highest BCUT2D eigenvalue weighted by molar-refractivity contribution is 5.96. The third-order valence-electron chi connectivity index (χ3n) is 5.20. The zero-order valence-electron chi connectivity index (χ0n) is 17.7. The fraction of sp³-hybridized carbons (Fsp3) is 0.318. The largest absolute Gasteiger partial charge is 0.497 e. The molecule has 1 amide bonds. The number of carbonyl (C=O) groups excluding carboxylic acids is 1. The number of carbonyl (C=O) groups is 1. The summed E-state index contributed by atoms with van der Waals surface area (Å²) in [4.78, 5) is 18.9. The molecule has 0 saturated carbocycles. The normalized spacial score (nSPS) is 15.8. The first-order valence-corrected chi connectivity index (χ1v) is 9.65. The molecule has 2 heterocycles. The van der Waals surface area contributed by atoms with Crippen molar-refractivity contribution >= 4 is 11.6 Å². The van der Waals surface area contributed by atoms with E-state index in [-0.39, 0.29) is 18.2 Å². The van der Waals surface area contributed by atoms with Gasteiger partial charge in [0.25, 0.3) is 0 Å². The second-order valence-electron chi connectivity index (χ2n) is 7.00. The smallest absolute Gasteiger partial charge is 0.232 e. The topological polar surface area (TPSA) is 96.2 Å². The number of aromatic nitrogens is 2. The van der Waals surface area contributed by atoms with Crippen LogP contribution in [0.2, 0.25) is 0 Å². The molecule has 1 aromatic heterocycles. The zero-order valence-corrected chi connectivity index (χ0v) is 17.7. The minimum Gasteiger partial charge on any atom is -0.497 e. The molecule has 3 aromatic rings. The lowest BCUT2D eigenvalue weighted by Gasteiger charge is -2.18. The van der Waals surface area contributed by atoms with Crippen LogP contribution < -0.4 is 23.8 Å². The molecule has 1 unspecified atom stereocenters. The Balaban J connectivity index is 1.56. The lowest BCUT2D eigenvalue weighted by atomic mass is 10.1. The molecule has 31 heavy (non-hydrogen) atoms. The monoisotopic (exact) mass is 425 g/mol. The average Bonchev–Trinajstić information content (AvgIpc) is 3.45. The fourth-order valence-electron chi connectivity index (χ4n) is 3.57. The van der Waals surface area contributed by atoms with Gasteiger partial charge in [0, 0.05) is 36.3 Å². The predicted octanol–water partition coefficient (Wildman–Crippen LogP) is 3.29. The first-order chi connectivity index (χ1) is 15.1. The Morgan fingerprint density at radius 2 is 1.65 bits per heavy atom. The Kier molecular flexibility index (Phi) is 5.66. The molecule has 0 bridgehead atoms. The number of anilines is 1. The van der Waals surface area contributed by atoms with Crippen molar-refractivity contribution in [2.45, 2.75) is 12.3 Å². The van der Waals surface area contributed by atoms with Crippen LogP contribution in [0, 0.1) is 0 Å². The van der Waals surface area contributed by atoms with Crippen LogP contribution in [0.4, 0.5) is 5.69 Å². The molecule has 2 aromatic carbocycles. The summed E-state index contributed by atoms with van der Waals surface area (Å²) in [7, 11) is 6.28. The van der Waals surface area contributed by atoms with Gasteiger partial charge in [-0.3, -0.25) is 4.79 Å². The molecule has 0 spiro atoms. The van der Waals surface area contributed by atoms with E-state index in [1.54, 1.807) is 63.7 Å². The van der Waals surface area contributed by atoms with Crippen molar-refractivity contribution in [2.75, 3.05) is 39.9 Å². The van der Waals surface area contributed by atoms with E-state index in [0.717, 1.165) is 5.69 Å². The zero-order chi connectivity index (χ0) is 22.0. The van der Waals surface area contributed by atoms with Gasteiger partial charge in [0.1, 0.15) is 11.5 Å². The van der Waals surface area contributed by atoms with Gasteiger partial charge in [-0.15, -0.1) is 0 Å². The van der Waals surface area contributed by atoms with Gasteiger partial charge in [0.15, 0.2) is 11.5 Å². The molecule has 1 saturated heterocycles. The number of benzene rings is 2. The SMILES string of the molecule is COc1cc(OC)cc(-c2noc(C3CC(=O)N(c4ccc(OC)c(OC)c4)C3)n2)c1. The van der Waals surface area contributed by atoms with Crippen LogP contribution in [0.3, 0.4) is 0 Å². The summed E-state index contributed by atoms with van der Waals surface area (Å²) in [6.45, 7) is 0.428. The summed E-state index contributed by atoms with van der Waals surface area (Å²) in [6.07, 6.45) is 0.275. The minimum absolute atomic E-state index is 0.0278. The summed E-state index contributed by atoms with van der Waals surface area (Å²) >= 11 is 0. The molecule has 0 aliphatic carbocycles. The van der Waals surface area contributed by atoms with Gasteiger partial charge in [-0.2, -0.15) is 4.98 Å². The molecule has 9 nitrogen and oxygen atoms in total. The summed E-state index contributed by atoms with van der Waals surface area (Å²) in [5, 5.41) is 4.09. The molecule has 1 fully saturated rings. The molecule has 9 heteroatoms. The first-order valence-electron chi connectivity index (χ1n) is 9.65. The van der Waals surface area contributed by atoms with E-state index in [4.69, 9.17) is 23.5 Å². The second-order valence-corrected chi connectivity index (χ2v) is 7.00. The molecule has 0 radical (unpaired) electrons. The maximum atomic E-state index is 12.7. The van der Waals surface area contributed by atoms with Crippen LogP contribution in [0.1, 0.15) is 18.2 Å². The van der Waals surface area contributed by atoms with E-state index < -0.39 is 0 Å². The fourth-order valence-corrected chi connectivity index (χ4v) is 3.57. The molecule has 1 aliphatic rings. The summed E-state index contributed by atoms with van der Waals surface area (Å²) in [5.74, 6) is 2.98. The van der Waals surface area contributed by atoms with Gasteiger partial charge in [-0.25, -0.2) is 0 Å². The highest BCUT2D eigenvalue weighted by atomic mass is 16.5. The summed E-state index contributed by atoms with van der Waals surface area (Å²) < 4.78 is 26.7. The van der Waals surface area contributed by atoms with Gasteiger partial charge in [-0.05, 0) is 24.3 Å². The second kappa shape index (κ2) is 8.55. The van der Waals surface area contributed by atoms with E-state index in [1.807, 2.05) is 6.07 Å². The van der Waals surface area contributed by atoms with E-state index in [9.17, 15) is 4.79 Å². The molecule has 4 rings (SSSR count). The Hall–Kier alpha value is -3.75. The van der Waals surface area contributed by atoms with E-state index >= 15 is 0 Å². The Labute approximate surface area is 179 Å². The molecular formula is C22H23N3O6. The van der Waals surface area contributed by atoms with E-state index in [0.29, 0.717) is 46.8 Å². The number of hydrogen-bond acceptors (Lipinski definition) is 8. The van der Waals surface area contributed by atoms with Gasteiger partial charge >= 0.3 is 0 Å². The van der Waals surface area contributed by atoms with Crippen LogP contribution in [0.15, 0.2) is 40.9 Å². The molecule has 162 valence electrons. The highest BCUT2D eigenvalue weighted by Gasteiger charge is 2.35. The van der Waals surface area contributed by atoms with Crippen LogP contribution in [-0.4, -0.2) is 51.0 Å². The third kappa shape index (κ3) is 3.98. The van der Waals surface area contributed by atoms with Crippen molar-refractivity contribution in [1.82, 2.24) is 10.1 Å². The van der Waals surface area contributed by atoms with Gasteiger partial charge < -0.3 is 28.4 Å². The number of ether oxygens (including phenoxy) is 4. The number of rotatable bonds is 7. The maximum absolute atomic E-state index is 12.7. The van der Waals surface area contributed by atoms with Crippen molar-refractivity contribution in [2.24, 2.45) is 0 Å². The van der Waals surface area contributed by atoms with Gasteiger partial charge in [0.2, 0.25) is 17.6 Å². The Morgan fingerprint density at radius 3 is 2.29 bits per heavy atom. The molecule has 1 aliphatic heterocycles. The van der Waals surface area contributed by atoms with Gasteiger partial charge in [-0.1, -0.05) is 5.16 Å². The Bertz CT molecular complexity index is 1070. The van der Waals surface area contributed by atoms with Crippen molar-refractivity contribution in [3.05, 3.63) is 42.3 Å². The lowest BCUT2D eigenvalue weighted by Crippen LogP contribution is -2.24. The van der Waals surface area contributed by atoms with E-state index in [2.05, 4.69) is 10.1 Å². The predicted molar refractivity (Wildman–Crippen MR) is 112 cm³/mol. The molecule has 0 N–H and O–H groups in total.